The summed E-state index contributed by atoms with van der Waals surface area (Å²) in [5.74, 6) is 2.28. The Labute approximate surface area is 222 Å². The molecule has 1 saturated heterocycles. The van der Waals surface area contributed by atoms with Gasteiger partial charge < -0.3 is 28.7 Å². The fourth-order valence-electron chi connectivity index (χ4n) is 4.48. The molecule has 2 aliphatic rings. The van der Waals surface area contributed by atoms with Gasteiger partial charge in [-0.2, -0.15) is 5.26 Å². The maximum atomic E-state index is 13.1. The van der Waals surface area contributed by atoms with Crippen LogP contribution in [0.5, 0.6) is 23.0 Å². The number of piperazine rings is 1. The molecule has 0 N–H and O–H groups in total. The lowest BCUT2D eigenvalue weighted by Crippen LogP contribution is -2.49. The molecule has 0 atom stereocenters. The Kier molecular flexibility index (Phi) is 7.65. The number of ether oxygens (including phenoxy) is 4. The summed E-state index contributed by atoms with van der Waals surface area (Å²) in [6, 6.07) is 23.3. The molecule has 1 fully saturated rings. The summed E-state index contributed by atoms with van der Waals surface area (Å²) in [5, 5.41) is 9.77. The van der Waals surface area contributed by atoms with Gasteiger partial charge >= 0.3 is 0 Å². The second-order valence-electron chi connectivity index (χ2n) is 8.90. The van der Waals surface area contributed by atoms with E-state index >= 15 is 0 Å². The van der Waals surface area contributed by atoms with E-state index in [2.05, 4.69) is 23.1 Å². The molecule has 0 aromatic heterocycles. The van der Waals surface area contributed by atoms with Gasteiger partial charge in [-0.1, -0.05) is 30.3 Å². The molecular formula is C30H29N3O5. The van der Waals surface area contributed by atoms with Crippen LogP contribution < -0.4 is 23.8 Å². The molecule has 0 spiro atoms. The van der Waals surface area contributed by atoms with Crippen molar-refractivity contribution in [2.75, 3.05) is 44.5 Å². The molecule has 0 saturated carbocycles. The standard InChI is InChI=1S/C30H29N3O5/c1-2-35-28-17-22(8-10-26(28)36-20-23-9-11-27-29(18-23)38-21-37-27)16-24(19-31)30(34)33-14-12-32(13-15-33)25-6-4-3-5-7-25/h3-11,16-18H,2,12-15,20-21H2,1H3/b24-16-. The van der Waals surface area contributed by atoms with Gasteiger partial charge in [0.05, 0.1) is 6.61 Å². The lowest BCUT2D eigenvalue weighted by atomic mass is 10.1. The highest BCUT2D eigenvalue weighted by molar-refractivity contribution is 6.01. The molecule has 2 heterocycles. The number of anilines is 1. The van der Waals surface area contributed by atoms with Gasteiger partial charge in [0.25, 0.3) is 5.91 Å². The predicted molar refractivity (Wildman–Crippen MR) is 143 cm³/mol. The van der Waals surface area contributed by atoms with Gasteiger partial charge in [0, 0.05) is 31.9 Å². The van der Waals surface area contributed by atoms with E-state index in [1.54, 1.807) is 23.1 Å². The first-order valence-electron chi connectivity index (χ1n) is 12.6. The largest absolute Gasteiger partial charge is 0.490 e. The fourth-order valence-corrected chi connectivity index (χ4v) is 4.48. The van der Waals surface area contributed by atoms with Gasteiger partial charge in [-0.15, -0.1) is 0 Å². The first-order chi connectivity index (χ1) is 18.6. The summed E-state index contributed by atoms with van der Waals surface area (Å²) in [5.41, 5.74) is 2.86. The topological polar surface area (TPSA) is 84.3 Å². The number of para-hydroxylation sites is 1. The molecule has 5 rings (SSSR count). The number of carbonyl (C=O) groups excluding carboxylic acids is 1. The molecular weight excluding hydrogens is 482 g/mol. The van der Waals surface area contributed by atoms with Crippen molar-refractivity contribution in [2.24, 2.45) is 0 Å². The quantitative estimate of drug-likeness (QED) is 0.322. The molecule has 3 aromatic rings. The van der Waals surface area contributed by atoms with Crippen LogP contribution in [0.15, 0.2) is 72.3 Å². The predicted octanol–water partition coefficient (Wildman–Crippen LogP) is 4.65. The number of benzene rings is 3. The monoisotopic (exact) mass is 511 g/mol. The maximum Gasteiger partial charge on any atom is 0.264 e. The van der Waals surface area contributed by atoms with E-state index in [0.29, 0.717) is 49.1 Å². The van der Waals surface area contributed by atoms with E-state index < -0.39 is 0 Å². The minimum atomic E-state index is -0.263. The summed E-state index contributed by atoms with van der Waals surface area (Å²) >= 11 is 0. The average molecular weight is 512 g/mol. The molecule has 0 aliphatic carbocycles. The van der Waals surface area contributed by atoms with Crippen molar-refractivity contribution >= 4 is 17.7 Å². The summed E-state index contributed by atoms with van der Waals surface area (Å²) in [6.45, 7) is 5.44. The molecule has 0 bridgehead atoms. The summed E-state index contributed by atoms with van der Waals surface area (Å²) in [4.78, 5) is 17.1. The number of nitriles is 1. The maximum absolute atomic E-state index is 13.1. The van der Waals surface area contributed by atoms with Crippen molar-refractivity contribution < 1.29 is 23.7 Å². The first kappa shape index (κ1) is 25.0. The van der Waals surface area contributed by atoms with Crippen molar-refractivity contribution in [2.45, 2.75) is 13.5 Å². The minimum absolute atomic E-state index is 0.0923. The van der Waals surface area contributed by atoms with Crippen LogP contribution in [0.4, 0.5) is 5.69 Å². The van der Waals surface area contributed by atoms with Crippen LogP contribution in [0, 0.1) is 11.3 Å². The highest BCUT2D eigenvalue weighted by atomic mass is 16.7. The molecule has 8 heteroatoms. The Bertz CT molecular complexity index is 1360. The SMILES string of the molecule is CCOc1cc(/C=C(/C#N)C(=O)N2CCN(c3ccccc3)CC2)ccc1OCc1ccc2c(c1)OCO2. The first-order valence-corrected chi connectivity index (χ1v) is 12.6. The number of amides is 1. The van der Waals surface area contributed by atoms with Gasteiger partial charge in [0.1, 0.15) is 18.2 Å². The average Bonchev–Trinajstić information content (AvgIpc) is 3.44. The van der Waals surface area contributed by atoms with Crippen LogP contribution in [-0.2, 0) is 11.4 Å². The number of carbonyl (C=O) groups is 1. The highest BCUT2D eigenvalue weighted by Gasteiger charge is 2.24. The zero-order chi connectivity index (χ0) is 26.3. The molecule has 3 aromatic carbocycles. The van der Waals surface area contributed by atoms with E-state index in [9.17, 15) is 10.1 Å². The summed E-state index contributed by atoms with van der Waals surface area (Å²) in [7, 11) is 0. The zero-order valence-electron chi connectivity index (χ0n) is 21.3. The number of hydrogen-bond donors (Lipinski definition) is 0. The summed E-state index contributed by atoms with van der Waals surface area (Å²) < 4.78 is 22.6. The molecule has 194 valence electrons. The van der Waals surface area contributed by atoms with E-state index in [1.165, 1.54) is 0 Å². The van der Waals surface area contributed by atoms with E-state index in [-0.39, 0.29) is 18.3 Å². The van der Waals surface area contributed by atoms with Crippen LogP contribution in [0.3, 0.4) is 0 Å². The number of rotatable bonds is 8. The van der Waals surface area contributed by atoms with Crippen molar-refractivity contribution in [1.82, 2.24) is 4.90 Å². The third-order valence-corrected chi connectivity index (χ3v) is 6.45. The van der Waals surface area contributed by atoms with E-state index in [0.717, 1.165) is 30.1 Å². The third kappa shape index (κ3) is 5.68. The van der Waals surface area contributed by atoms with Gasteiger partial charge in [-0.25, -0.2) is 0 Å². The normalized spacial score (nSPS) is 14.7. The molecule has 0 radical (unpaired) electrons. The summed E-state index contributed by atoms with van der Waals surface area (Å²) in [6.07, 6.45) is 1.61. The Morgan fingerprint density at radius 2 is 1.74 bits per heavy atom. The van der Waals surface area contributed by atoms with Crippen LogP contribution in [0.25, 0.3) is 6.08 Å². The third-order valence-electron chi connectivity index (χ3n) is 6.45. The van der Waals surface area contributed by atoms with Crippen molar-refractivity contribution in [3.63, 3.8) is 0 Å². The smallest absolute Gasteiger partial charge is 0.264 e. The van der Waals surface area contributed by atoms with Crippen LogP contribution in [0.2, 0.25) is 0 Å². The second-order valence-corrected chi connectivity index (χ2v) is 8.90. The molecule has 8 nitrogen and oxygen atoms in total. The van der Waals surface area contributed by atoms with E-state index in [4.69, 9.17) is 18.9 Å². The van der Waals surface area contributed by atoms with Crippen molar-refractivity contribution in [3.05, 3.63) is 83.4 Å². The van der Waals surface area contributed by atoms with Gasteiger partial charge in [0.2, 0.25) is 6.79 Å². The van der Waals surface area contributed by atoms with Crippen LogP contribution in [-0.4, -0.2) is 50.4 Å². The Morgan fingerprint density at radius 1 is 0.947 bits per heavy atom. The van der Waals surface area contributed by atoms with Crippen LogP contribution >= 0.6 is 0 Å². The Balaban J connectivity index is 1.25. The minimum Gasteiger partial charge on any atom is -0.490 e. The highest BCUT2D eigenvalue weighted by Crippen LogP contribution is 2.34. The van der Waals surface area contributed by atoms with Crippen molar-refractivity contribution in [3.8, 4) is 29.1 Å². The number of hydrogen-bond acceptors (Lipinski definition) is 7. The Hall–Kier alpha value is -4.64. The number of nitrogens with zero attached hydrogens (tertiary/aromatic N) is 3. The fraction of sp³-hybridized carbons (Fsp3) is 0.267. The second kappa shape index (κ2) is 11.6. The Morgan fingerprint density at radius 3 is 2.50 bits per heavy atom. The van der Waals surface area contributed by atoms with Gasteiger partial charge in [-0.3, -0.25) is 4.79 Å². The zero-order valence-corrected chi connectivity index (χ0v) is 21.3. The molecule has 1 amide bonds. The van der Waals surface area contributed by atoms with Crippen molar-refractivity contribution in [1.29, 1.82) is 5.26 Å². The van der Waals surface area contributed by atoms with E-state index in [1.807, 2.05) is 49.4 Å². The van der Waals surface area contributed by atoms with Gasteiger partial charge in [0.15, 0.2) is 23.0 Å². The molecule has 38 heavy (non-hydrogen) atoms. The molecule has 0 unspecified atom stereocenters. The lowest BCUT2D eigenvalue weighted by molar-refractivity contribution is -0.126. The lowest BCUT2D eigenvalue weighted by Gasteiger charge is -2.36. The number of fused-ring (bicyclic) bond motifs is 1. The van der Waals surface area contributed by atoms with Gasteiger partial charge in [-0.05, 0) is 60.5 Å². The molecule has 2 aliphatic heterocycles. The van der Waals surface area contributed by atoms with Crippen LogP contribution in [0.1, 0.15) is 18.1 Å².